The minimum Gasteiger partial charge on any atom is -0.353 e. The average Bonchev–Trinajstić information content (AvgIpc) is 3.38. The maximum Gasteiger partial charge on any atom is 0.322 e. The van der Waals surface area contributed by atoms with Gasteiger partial charge in [0, 0.05) is 42.0 Å². The van der Waals surface area contributed by atoms with E-state index in [0.717, 1.165) is 22.3 Å². The monoisotopic (exact) mass is 439 g/mol. The van der Waals surface area contributed by atoms with Crippen LogP contribution in [0.1, 0.15) is 5.56 Å². The van der Waals surface area contributed by atoms with E-state index in [1.807, 2.05) is 6.07 Å². The lowest BCUT2D eigenvalue weighted by atomic mass is 10.1. The summed E-state index contributed by atoms with van der Waals surface area (Å²) in [5, 5.41) is 15.3. The molecule has 1 N–H and O–H groups in total. The van der Waals surface area contributed by atoms with Crippen LogP contribution in [-0.2, 0) is 0 Å². The van der Waals surface area contributed by atoms with Crippen molar-refractivity contribution in [2.75, 3.05) is 36.4 Å². The number of amides is 2. The maximum absolute atomic E-state index is 12.7. The van der Waals surface area contributed by atoms with Gasteiger partial charge in [-0.2, -0.15) is 5.26 Å². The van der Waals surface area contributed by atoms with Crippen molar-refractivity contribution in [2.24, 2.45) is 0 Å². The van der Waals surface area contributed by atoms with E-state index < -0.39 is 0 Å². The SMILES string of the molecule is N#Cc1ccccc1NC(=O)N1CCN(c2ccc3cccc(-c4cccs4)c3n2)CC1. The number of nitriles is 1. The third-order valence-electron chi connectivity index (χ3n) is 5.67. The number of pyridine rings is 1. The van der Waals surface area contributed by atoms with Gasteiger partial charge in [-0.3, -0.25) is 0 Å². The highest BCUT2D eigenvalue weighted by Gasteiger charge is 2.23. The van der Waals surface area contributed by atoms with E-state index in [-0.39, 0.29) is 6.03 Å². The Morgan fingerprint density at radius 1 is 0.969 bits per heavy atom. The quantitative estimate of drug-likeness (QED) is 0.477. The Hall–Kier alpha value is -3.89. The summed E-state index contributed by atoms with van der Waals surface area (Å²) < 4.78 is 0. The molecule has 4 aromatic rings. The van der Waals surface area contributed by atoms with E-state index >= 15 is 0 Å². The Labute approximate surface area is 190 Å². The van der Waals surface area contributed by atoms with Crippen LogP contribution in [0.15, 0.2) is 72.1 Å². The maximum atomic E-state index is 12.7. The molecule has 0 atom stereocenters. The molecule has 1 fully saturated rings. The van der Waals surface area contributed by atoms with E-state index in [1.54, 1.807) is 34.4 Å². The van der Waals surface area contributed by atoms with Crippen molar-refractivity contribution in [1.29, 1.82) is 5.26 Å². The van der Waals surface area contributed by atoms with Gasteiger partial charge in [0.25, 0.3) is 0 Å². The molecule has 5 rings (SSSR count). The van der Waals surface area contributed by atoms with Crippen LogP contribution in [0.4, 0.5) is 16.3 Å². The molecule has 2 aromatic heterocycles. The van der Waals surface area contributed by atoms with Gasteiger partial charge in [0.15, 0.2) is 0 Å². The smallest absolute Gasteiger partial charge is 0.322 e. The Balaban J connectivity index is 1.30. The number of hydrogen-bond donors (Lipinski definition) is 1. The molecule has 2 aromatic carbocycles. The predicted octanol–water partition coefficient (Wildman–Crippen LogP) is 5.19. The molecule has 0 spiro atoms. The number of aromatic nitrogens is 1. The minimum atomic E-state index is -0.182. The molecule has 158 valence electrons. The van der Waals surface area contributed by atoms with Gasteiger partial charge in [-0.05, 0) is 35.7 Å². The third-order valence-corrected chi connectivity index (χ3v) is 6.58. The molecular formula is C25H21N5OS. The number of piperazine rings is 1. The molecule has 6 nitrogen and oxygen atoms in total. The van der Waals surface area contributed by atoms with Crippen LogP contribution in [0.5, 0.6) is 0 Å². The molecule has 0 saturated carbocycles. The van der Waals surface area contributed by atoms with Gasteiger partial charge in [0.2, 0.25) is 0 Å². The van der Waals surface area contributed by atoms with E-state index in [0.29, 0.717) is 37.4 Å². The Kier molecular flexibility index (Phi) is 5.44. The van der Waals surface area contributed by atoms with Crippen molar-refractivity contribution in [3.8, 4) is 16.5 Å². The highest BCUT2D eigenvalue weighted by molar-refractivity contribution is 7.13. The predicted molar refractivity (Wildman–Crippen MR) is 129 cm³/mol. The molecule has 2 amide bonds. The molecular weight excluding hydrogens is 418 g/mol. The summed E-state index contributed by atoms with van der Waals surface area (Å²) in [6, 6.07) is 23.6. The van der Waals surface area contributed by atoms with Crippen molar-refractivity contribution in [2.45, 2.75) is 0 Å². The van der Waals surface area contributed by atoms with Gasteiger partial charge in [-0.1, -0.05) is 36.4 Å². The van der Waals surface area contributed by atoms with Crippen molar-refractivity contribution >= 4 is 39.8 Å². The minimum absolute atomic E-state index is 0.182. The number of para-hydroxylation sites is 2. The van der Waals surface area contributed by atoms with E-state index in [4.69, 9.17) is 4.98 Å². The molecule has 1 aliphatic heterocycles. The van der Waals surface area contributed by atoms with Gasteiger partial charge in [0.1, 0.15) is 11.9 Å². The highest BCUT2D eigenvalue weighted by atomic mass is 32.1. The first kappa shape index (κ1) is 20.0. The first-order valence-electron chi connectivity index (χ1n) is 10.5. The fraction of sp³-hybridized carbons (Fsp3) is 0.160. The van der Waals surface area contributed by atoms with Crippen molar-refractivity contribution in [1.82, 2.24) is 9.88 Å². The Morgan fingerprint density at radius 2 is 1.81 bits per heavy atom. The summed E-state index contributed by atoms with van der Waals surface area (Å²) in [7, 11) is 0. The molecule has 7 heteroatoms. The number of thiophene rings is 1. The van der Waals surface area contributed by atoms with Crippen LogP contribution < -0.4 is 10.2 Å². The number of hydrogen-bond acceptors (Lipinski definition) is 5. The van der Waals surface area contributed by atoms with Gasteiger partial charge in [-0.25, -0.2) is 9.78 Å². The first-order valence-corrected chi connectivity index (χ1v) is 11.3. The van der Waals surface area contributed by atoms with Crippen LogP contribution in [0.2, 0.25) is 0 Å². The lowest BCUT2D eigenvalue weighted by molar-refractivity contribution is 0.208. The average molecular weight is 440 g/mol. The standard InChI is InChI=1S/C25H21N5OS/c26-17-19-5-1-2-8-21(19)27-25(31)30-14-12-29(13-15-30)23-11-10-18-6-3-7-20(24(18)28-23)22-9-4-16-32-22/h1-11,16H,12-15H2,(H,27,31). The zero-order valence-corrected chi connectivity index (χ0v) is 18.2. The Morgan fingerprint density at radius 3 is 2.59 bits per heavy atom. The molecule has 0 unspecified atom stereocenters. The number of carbonyl (C=O) groups excluding carboxylic acids is 1. The number of anilines is 2. The number of benzene rings is 2. The van der Waals surface area contributed by atoms with Crippen LogP contribution in [0.25, 0.3) is 21.3 Å². The molecule has 1 aliphatic rings. The second-order valence-corrected chi connectivity index (χ2v) is 8.53. The number of nitrogens with zero attached hydrogens (tertiary/aromatic N) is 4. The van der Waals surface area contributed by atoms with Gasteiger partial charge in [0.05, 0.1) is 16.8 Å². The first-order chi connectivity index (χ1) is 15.7. The fourth-order valence-corrected chi connectivity index (χ4v) is 4.72. The van der Waals surface area contributed by atoms with Crippen LogP contribution in [0, 0.1) is 11.3 Å². The van der Waals surface area contributed by atoms with Gasteiger partial charge < -0.3 is 15.1 Å². The summed E-state index contributed by atoms with van der Waals surface area (Å²) in [4.78, 5) is 22.9. The molecule has 32 heavy (non-hydrogen) atoms. The zero-order chi connectivity index (χ0) is 21.9. The lowest BCUT2D eigenvalue weighted by Crippen LogP contribution is -2.50. The summed E-state index contributed by atoms with van der Waals surface area (Å²) >= 11 is 1.71. The van der Waals surface area contributed by atoms with E-state index in [9.17, 15) is 10.1 Å². The number of nitrogens with one attached hydrogen (secondary N) is 1. The lowest BCUT2D eigenvalue weighted by Gasteiger charge is -2.35. The molecule has 1 saturated heterocycles. The van der Waals surface area contributed by atoms with Crippen molar-refractivity contribution in [3.63, 3.8) is 0 Å². The summed E-state index contributed by atoms with van der Waals surface area (Å²) in [5.41, 5.74) is 3.15. The number of fused-ring (bicyclic) bond motifs is 1. The number of rotatable bonds is 3. The summed E-state index contributed by atoms with van der Waals surface area (Å²) in [5.74, 6) is 0.927. The van der Waals surface area contributed by atoms with Crippen LogP contribution in [-0.4, -0.2) is 42.1 Å². The van der Waals surface area contributed by atoms with Crippen molar-refractivity contribution in [3.05, 3.63) is 77.7 Å². The topological polar surface area (TPSA) is 72.3 Å². The van der Waals surface area contributed by atoms with Gasteiger partial charge in [-0.15, -0.1) is 11.3 Å². The van der Waals surface area contributed by atoms with Crippen molar-refractivity contribution < 1.29 is 4.79 Å². The summed E-state index contributed by atoms with van der Waals surface area (Å²) in [6.07, 6.45) is 0. The van der Waals surface area contributed by atoms with Crippen LogP contribution >= 0.6 is 11.3 Å². The van der Waals surface area contributed by atoms with E-state index in [1.165, 1.54) is 4.88 Å². The fourth-order valence-electron chi connectivity index (χ4n) is 3.97. The molecule has 3 heterocycles. The normalized spacial score (nSPS) is 13.7. The largest absolute Gasteiger partial charge is 0.353 e. The second-order valence-electron chi connectivity index (χ2n) is 7.59. The number of urea groups is 1. The third kappa shape index (κ3) is 3.88. The second kappa shape index (κ2) is 8.69. The van der Waals surface area contributed by atoms with Gasteiger partial charge >= 0.3 is 6.03 Å². The summed E-state index contributed by atoms with van der Waals surface area (Å²) in [6.45, 7) is 2.58. The Bertz CT molecular complexity index is 1300. The highest BCUT2D eigenvalue weighted by Crippen LogP contribution is 2.32. The van der Waals surface area contributed by atoms with E-state index in [2.05, 4.69) is 64.1 Å². The molecule has 0 radical (unpaired) electrons. The number of carbonyl (C=O) groups is 1. The van der Waals surface area contributed by atoms with Crippen LogP contribution in [0.3, 0.4) is 0 Å². The molecule has 0 bridgehead atoms. The molecule has 0 aliphatic carbocycles. The zero-order valence-electron chi connectivity index (χ0n) is 17.4.